The molecule has 1 aromatic heterocycles. The molecular formula is C11H11ClN2S. The van der Waals surface area contributed by atoms with Crippen molar-refractivity contribution in [1.82, 2.24) is 4.98 Å². The van der Waals surface area contributed by atoms with E-state index in [1.165, 1.54) is 18.6 Å². The van der Waals surface area contributed by atoms with Crippen LogP contribution < -0.4 is 0 Å². The van der Waals surface area contributed by atoms with Crippen LogP contribution in [0.1, 0.15) is 30.0 Å². The second-order valence-corrected chi connectivity index (χ2v) is 5.11. The first-order valence-electron chi connectivity index (χ1n) is 4.95. The highest BCUT2D eigenvalue weighted by Gasteiger charge is 2.17. The highest BCUT2D eigenvalue weighted by Crippen LogP contribution is 2.31. The molecular weight excluding hydrogens is 228 g/mol. The van der Waals surface area contributed by atoms with E-state index in [0.29, 0.717) is 16.6 Å². The average Bonchev–Trinajstić information content (AvgIpc) is 2.30. The van der Waals surface area contributed by atoms with Gasteiger partial charge in [0, 0.05) is 17.4 Å². The Balaban J connectivity index is 2.22. The van der Waals surface area contributed by atoms with Crippen LogP contribution in [-0.4, -0.2) is 16.5 Å². The highest BCUT2D eigenvalue weighted by molar-refractivity contribution is 7.99. The quantitative estimate of drug-likeness (QED) is 0.705. The van der Waals surface area contributed by atoms with Gasteiger partial charge in [-0.05, 0) is 30.7 Å². The van der Waals surface area contributed by atoms with Crippen molar-refractivity contribution in [2.24, 2.45) is 0 Å². The molecule has 0 amide bonds. The van der Waals surface area contributed by atoms with Crippen LogP contribution in [0.15, 0.2) is 12.1 Å². The molecule has 1 saturated heterocycles. The zero-order chi connectivity index (χ0) is 10.7. The Morgan fingerprint density at radius 1 is 1.53 bits per heavy atom. The molecule has 1 aliphatic rings. The summed E-state index contributed by atoms with van der Waals surface area (Å²) in [5.74, 6) is 2.88. The highest BCUT2D eigenvalue weighted by atomic mass is 35.5. The average molecular weight is 239 g/mol. The first-order chi connectivity index (χ1) is 7.31. The van der Waals surface area contributed by atoms with Gasteiger partial charge in [-0.15, -0.1) is 0 Å². The number of pyridine rings is 1. The Morgan fingerprint density at radius 2 is 2.40 bits per heavy atom. The van der Waals surface area contributed by atoms with Gasteiger partial charge in [0.1, 0.15) is 11.2 Å². The number of halogens is 1. The third kappa shape index (κ3) is 2.45. The minimum Gasteiger partial charge on any atom is -0.239 e. The molecule has 0 radical (unpaired) electrons. The fraction of sp³-hybridized carbons (Fsp3) is 0.455. The molecule has 0 N–H and O–H groups in total. The minimum absolute atomic E-state index is 0.338. The van der Waals surface area contributed by atoms with Crippen molar-refractivity contribution < 1.29 is 0 Å². The second-order valence-electron chi connectivity index (χ2n) is 3.60. The van der Waals surface area contributed by atoms with Crippen molar-refractivity contribution in [1.29, 1.82) is 5.26 Å². The molecule has 78 valence electrons. The first-order valence-corrected chi connectivity index (χ1v) is 6.49. The fourth-order valence-corrected chi connectivity index (χ4v) is 3.10. The van der Waals surface area contributed by atoms with E-state index in [-0.39, 0.29) is 0 Å². The van der Waals surface area contributed by atoms with Crippen molar-refractivity contribution in [3.8, 4) is 6.07 Å². The third-order valence-electron chi connectivity index (χ3n) is 2.57. The summed E-state index contributed by atoms with van der Waals surface area (Å²) in [6.07, 6.45) is 2.43. The molecule has 1 unspecified atom stereocenters. The summed E-state index contributed by atoms with van der Waals surface area (Å²) in [4.78, 5) is 4.30. The number of thioether (sulfide) groups is 1. The number of hydrogen-bond acceptors (Lipinski definition) is 3. The van der Waals surface area contributed by atoms with E-state index in [4.69, 9.17) is 16.9 Å². The van der Waals surface area contributed by atoms with Crippen LogP contribution in [0.3, 0.4) is 0 Å². The molecule has 15 heavy (non-hydrogen) atoms. The third-order valence-corrected chi connectivity index (χ3v) is 4.07. The van der Waals surface area contributed by atoms with Crippen LogP contribution in [0.4, 0.5) is 0 Å². The van der Waals surface area contributed by atoms with E-state index in [1.54, 1.807) is 6.07 Å². The van der Waals surface area contributed by atoms with Gasteiger partial charge in [0.05, 0.1) is 5.56 Å². The van der Waals surface area contributed by atoms with Crippen molar-refractivity contribution in [3.63, 3.8) is 0 Å². The van der Waals surface area contributed by atoms with Gasteiger partial charge in [0.15, 0.2) is 0 Å². The normalized spacial score (nSPS) is 20.9. The van der Waals surface area contributed by atoms with Crippen LogP contribution in [0, 0.1) is 11.3 Å². The number of rotatable bonds is 1. The van der Waals surface area contributed by atoms with E-state index < -0.39 is 0 Å². The number of nitrogens with zero attached hydrogens (tertiary/aromatic N) is 2. The fourth-order valence-electron chi connectivity index (χ4n) is 1.73. The molecule has 1 aromatic rings. The topological polar surface area (TPSA) is 36.7 Å². The van der Waals surface area contributed by atoms with Gasteiger partial charge in [-0.3, -0.25) is 0 Å². The maximum Gasteiger partial charge on any atom is 0.147 e. The molecule has 1 atom stereocenters. The van der Waals surface area contributed by atoms with Crippen LogP contribution in [-0.2, 0) is 0 Å². The summed E-state index contributed by atoms with van der Waals surface area (Å²) in [5, 5.41) is 9.08. The largest absolute Gasteiger partial charge is 0.239 e. The minimum atomic E-state index is 0.338. The summed E-state index contributed by atoms with van der Waals surface area (Å²) >= 11 is 7.87. The Hall–Kier alpha value is -0.720. The first kappa shape index (κ1) is 10.8. The summed E-state index contributed by atoms with van der Waals surface area (Å²) < 4.78 is 0. The molecule has 0 saturated carbocycles. The predicted molar refractivity (Wildman–Crippen MR) is 63.3 cm³/mol. The predicted octanol–water partition coefficient (Wildman–Crippen LogP) is 3.22. The van der Waals surface area contributed by atoms with Crippen molar-refractivity contribution in [3.05, 3.63) is 28.5 Å². The molecule has 2 nitrogen and oxygen atoms in total. The van der Waals surface area contributed by atoms with Gasteiger partial charge in [0.2, 0.25) is 0 Å². The Labute approximate surface area is 98.7 Å². The number of hydrogen-bond donors (Lipinski definition) is 0. The molecule has 2 rings (SSSR count). The Bertz CT molecular complexity index is 394. The standard InChI is InChI=1S/C11H11ClN2S/c12-11-8(6-13)3-4-10(14-11)9-2-1-5-15-7-9/h3-4,9H,1-2,5,7H2. The summed E-state index contributed by atoms with van der Waals surface area (Å²) in [6.45, 7) is 0. The van der Waals surface area contributed by atoms with Crippen molar-refractivity contribution in [2.75, 3.05) is 11.5 Å². The molecule has 4 heteroatoms. The van der Waals surface area contributed by atoms with Gasteiger partial charge < -0.3 is 0 Å². The van der Waals surface area contributed by atoms with E-state index in [1.807, 2.05) is 23.9 Å². The molecule has 1 fully saturated rings. The van der Waals surface area contributed by atoms with E-state index in [9.17, 15) is 0 Å². The summed E-state index contributed by atoms with van der Waals surface area (Å²) in [5.41, 5.74) is 1.50. The van der Waals surface area contributed by atoms with Crippen molar-refractivity contribution in [2.45, 2.75) is 18.8 Å². The maximum absolute atomic E-state index is 8.74. The lowest BCUT2D eigenvalue weighted by atomic mass is 10.0. The second kappa shape index (κ2) is 4.87. The van der Waals surface area contributed by atoms with E-state index >= 15 is 0 Å². The molecule has 0 spiro atoms. The monoisotopic (exact) mass is 238 g/mol. The van der Waals surface area contributed by atoms with E-state index in [0.717, 1.165) is 11.4 Å². The Kier molecular flexibility index (Phi) is 3.50. The van der Waals surface area contributed by atoms with Crippen LogP contribution in [0.2, 0.25) is 5.15 Å². The van der Waals surface area contributed by atoms with Crippen LogP contribution in [0.25, 0.3) is 0 Å². The van der Waals surface area contributed by atoms with E-state index in [2.05, 4.69) is 4.98 Å². The molecule has 2 heterocycles. The van der Waals surface area contributed by atoms with Crippen molar-refractivity contribution >= 4 is 23.4 Å². The van der Waals surface area contributed by atoms with Gasteiger partial charge in [-0.1, -0.05) is 11.6 Å². The summed E-state index contributed by atoms with van der Waals surface area (Å²) in [7, 11) is 0. The number of nitriles is 1. The lowest BCUT2D eigenvalue weighted by molar-refractivity contribution is 0.643. The van der Waals surface area contributed by atoms with Crippen LogP contribution >= 0.6 is 23.4 Å². The SMILES string of the molecule is N#Cc1ccc(C2CCCSC2)nc1Cl. The smallest absolute Gasteiger partial charge is 0.147 e. The Morgan fingerprint density at radius 3 is 3.00 bits per heavy atom. The lowest BCUT2D eigenvalue weighted by Gasteiger charge is -2.20. The van der Waals surface area contributed by atoms with Gasteiger partial charge in [-0.25, -0.2) is 4.98 Å². The van der Waals surface area contributed by atoms with Gasteiger partial charge in [0.25, 0.3) is 0 Å². The van der Waals surface area contributed by atoms with Crippen LogP contribution in [0.5, 0.6) is 0 Å². The molecule has 0 aliphatic carbocycles. The zero-order valence-corrected chi connectivity index (χ0v) is 9.81. The zero-order valence-electron chi connectivity index (χ0n) is 8.24. The molecule has 0 aromatic carbocycles. The summed E-state index contributed by atoms with van der Waals surface area (Å²) in [6, 6.07) is 5.73. The number of aromatic nitrogens is 1. The lowest BCUT2D eigenvalue weighted by Crippen LogP contribution is -2.10. The van der Waals surface area contributed by atoms with Gasteiger partial charge in [-0.2, -0.15) is 17.0 Å². The maximum atomic E-state index is 8.74. The molecule has 0 bridgehead atoms. The van der Waals surface area contributed by atoms with Gasteiger partial charge >= 0.3 is 0 Å². The molecule has 1 aliphatic heterocycles.